The molecule has 0 aliphatic carbocycles. The van der Waals surface area contributed by atoms with Crippen LogP contribution in [-0.2, 0) is 10.0 Å². The molecule has 8 heteroatoms. The highest BCUT2D eigenvalue weighted by molar-refractivity contribution is 7.88. The van der Waals surface area contributed by atoms with Crippen LogP contribution in [0.2, 0.25) is 0 Å². The van der Waals surface area contributed by atoms with Gasteiger partial charge in [-0.3, -0.25) is 4.79 Å². The first-order chi connectivity index (χ1) is 13.9. The molecular weight excluding hydrogens is 390 g/mol. The third kappa shape index (κ3) is 5.71. The van der Waals surface area contributed by atoms with E-state index in [2.05, 4.69) is 10.2 Å². The Labute approximate surface area is 172 Å². The van der Waals surface area contributed by atoms with Gasteiger partial charge >= 0.3 is 0 Å². The molecule has 1 heterocycles. The third-order valence-corrected chi connectivity index (χ3v) is 6.07. The molecule has 1 aliphatic heterocycles. The van der Waals surface area contributed by atoms with Crippen LogP contribution in [0.5, 0.6) is 5.75 Å². The highest BCUT2D eigenvalue weighted by Crippen LogP contribution is 2.21. The number of carbonyl (C=O) groups is 1. The van der Waals surface area contributed by atoms with Crippen LogP contribution in [0, 0.1) is 0 Å². The lowest BCUT2D eigenvalue weighted by molar-refractivity contribution is 0.102. The number of benzene rings is 2. The van der Waals surface area contributed by atoms with Gasteiger partial charge in [0.2, 0.25) is 10.0 Å². The fourth-order valence-corrected chi connectivity index (χ4v) is 4.01. The number of ether oxygens (including phenoxy) is 1. The lowest BCUT2D eigenvalue weighted by atomic mass is 10.2. The zero-order valence-corrected chi connectivity index (χ0v) is 17.6. The Morgan fingerprint density at radius 1 is 1.07 bits per heavy atom. The molecule has 2 aromatic carbocycles. The molecule has 3 rings (SSSR count). The van der Waals surface area contributed by atoms with Gasteiger partial charge in [0.1, 0.15) is 5.75 Å². The van der Waals surface area contributed by atoms with Crippen LogP contribution < -0.4 is 15.0 Å². The van der Waals surface area contributed by atoms with E-state index in [0.29, 0.717) is 49.8 Å². The number of hydrogen-bond acceptors (Lipinski definition) is 5. The average molecular weight is 418 g/mol. The van der Waals surface area contributed by atoms with Gasteiger partial charge in [0.05, 0.1) is 12.9 Å². The van der Waals surface area contributed by atoms with Crippen LogP contribution in [0.4, 0.5) is 11.4 Å². The first-order valence-electron chi connectivity index (χ1n) is 9.71. The van der Waals surface area contributed by atoms with E-state index in [-0.39, 0.29) is 5.91 Å². The van der Waals surface area contributed by atoms with Crippen LogP contribution in [0.1, 0.15) is 23.7 Å². The van der Waals surface area contributed by atoms with Gasteiger partial charge in [0, 0.05) is 43.1 Å². The first kappa shape index (κ1) is 21.1. The summed E-state index contributed by atoms with van der Waals surface area (Å²) in [7, 11) is -3.14. The molecule has 0 spiro atoms. The van der Waals surface area contributed by atoms with E-state index in [1.165, 1.54) is 10.6 Å². The molecule has 1 aliphatic rings. The standard InChI is InChI=1S/C21H27N3O4S/c1-3-15-28-20-6-4-5-17(16-20)21(25)22-18-7-9-19(10-8-18)23-11-13-24(14-12-23)29(2,26)27/h4-10,16H,3,11-15H2,1-2H3,(H,22,25). The number of amides is 1. The number of carbonyl (C=O) groups excluding carboxylic acids is 1. The maximum Gasteiger partial charge on any atom is 0.255 e. The van der Waals surface area contributed by atoms with Crippen LogP contribution >= 0.6 is 0 Å². The minimum Gasteiger partial charge on any atom is -0.494 e. The summed E-state index contributed by atoms with van der Waals surface area (Å²) in [6.07, 6.45) is 2.15. The number of anilines is 2. The van der Waals surface area contributed by atoms with Gasteiger partial charge in [-0.25, -0.2) is 8.42 Å². The van der Waals surface area contributed by atoms with Gasteiger partial charge in [-0.1, -0.05) is 13.0 Å². The third-order valence-electron chi connectivity index (χ3n) is 4.77. The SMILES string of the molecule is CCCOc1cccc(C(=O)Nc2ccc(N3CCN(S(C)(=O)=O)CC3)cc2)c1. The minimum absolute atomic E-state index is 0.193. The topological polar surface area (TPSA) is 79.0 Å². The predicted octanol–water partition coefficient (Wildman–Crippen LogP) is 2.81. The fourth-order valence-electron chi connectivity index (χ4n) is 3.18. The Morgan fingerprint density at radius 3 is 2.38 bits per heavy atom. The van der Waals surface area contributed by atoms with E-state index >= 15 is 0 Å². The van der Waals surface area contributed by atoms with Crippen molar-refractivity contribution in [2.75, 3.05) is 49.3 Å². The second kappa shape index (κ2) is 9.28. The summed E-state index contributed by atoms with van der Waals surface area (Å²) < 4.78 is 30.3. The molecule has 29 heavy (non-hydrogen) atoms. The summed E-state index contributed by atoms with van der Waals surface area (Å²) >= 11 is 0. The molecule has 0 radical (unpaired) electrons. The van der Waals surface area contributed by atoms with Crippen molar-refractivity contribution in [3.05, 3.63) is 54.1 Å². The van der Waals surface area contributed by atoms with Gasteiger partial charge in [0.25, 0.3) is 5.91 Å². The van der Waals surface area contributed by atoms with Gasteiger partial charge < -0.3 is 15.0 Å². The molecule has 0 unspecified atom stereocenters. The summed E-state index contributed by atoms with van der Waals surface area (Å²) in [5.74, 6) is 0.490. The van der Waals surface area contributed by atoms with Gasteiger partial charge in [-0.2, -0.15) is 4.31 Å². The lowest BCUT2D eigenvalue weighted by Crippen LogP contribution is -2.48. The maximum atomic E-state index is 12.5. The first-order valence-corrected chi connectivity index (χ1v) is 11.6. The van der Waals surface area contributed by atoms with Crippen LogP contribution in [0.25, 0.3) is 0 Å². The Hall–Kier alpha value is -2.58. The van der Waals surface area contributed by atoms with Crippen molar-refractivity contribution in [2.45, 2.75) is 13.3 Å². The Kier molecular flexibility index (Phi) is 6.76. The van der Waals surface area contributed by atoms with Gasteiger partial charge in [0.15, 0.2) is 0 Å². The summed E-state index contributed by atoms with van der Waals surface area (Å²) in [6, 6.07) is 14.7. The molecular formula is C21H27N3O4S. The summed E-state index contributed by atoms with van der Waals surface area (Å²) in [5, 5.41) is 2.90. The fraction of sp³-hybridized carbons (Fsp3) is 0.381. The molecule has 0 aromatic heterocycles. The van der Waals surface area contributed by atoms with E-state index in [4.69, 9.17) is 4.74 Å². The quantitative estimate of drug-likeness (QED) is 0.749. The number of sulfonamides is 1. The van der Waals surface area contributed by atoms with E-state index in [9.17, 15) is 13.2 Å². The maximum absolute atomic E-state index is 12.5. The van der Waals surface area contributed by atoms with Crippen molar-refractivity contribution in [2.24, 2.45) is 0 Å². The minimum atomic E-state index is -3.14. The summed E-state index contributed by atoms with van der Waals surface area (Å²) in [6.45, 7) is 4.89. The molecule has 1 amide bonds. The van der Waals surface area contributed by atoms with E-state index in [0.717, 1.165) is 12.1 Å². The molecule has 0 atom stereocenters. The Bertz CT molecular complexity index is 937. The zero-order valence-electron chi connectivity index (χ0n) is 16.8. The van der Waals surface area contributed by atoms with Crippen molar-refractivity contribution < 1.29 is 17.9 Å². The Morgan fingerprint density at radius 2 is 1.76 bits per heavy atom. The monoisotopic (exact) mass is 417 g/mol. The van der Waals surface area contributed by atoms with Gasteiger partial charge in [-0.05, 0) is 48.9 Å². The molecule has 1 saturated heterocycles. The molecule has 7 nitrogen and oxygen atoms in total. The molecule has 0 saturated carbocycles. The number of hydrogen-bond donors (Lipinski definition) is 1. The van der Waals surface area contributed by atoms with Crippen LogP contribution in [-0.4, -0.2) is 57.7 Å². The highest BCUT2D eigenvalue weighted by atomic mass is 32.2. The predicted molar refractivity (Wildman–Crippen MR) is 115 cm³/mol. The lowest BCUT2D eigenvalue weighted by Gasteiger charge is -2.34. The molecule has 1 N–H and O–H groups in total. The average Bonchev–Trinajstić information content (AvgIpc) is 2.72. The molecule has 1 fully saturated rings. The van der Waals surface area contributed by atoms with E-state index < -0.39 is 10.0 Å². The smallest absolute Gasteiger partial charge is 0.255 e. The number of nitrogens with one attached hydrogen (secondary N) is 1. The normalized spacial score (nSPS) is 15.2. The van der Waals surface area contributed by atoms with Crippen molar-refractivity contribution in [3.8, 4) is 5.75 Å². The number of nitrogens with zero attached hydrogens (tertiary/aromatic N) is 2. The second-order valence-electron chi connectivity index (χ2n) is 7.03. The van der Waals surface area contributed by atoms with Crippen molar-refractivity contribution in [3.63, 3.8) is 0 Å². The van der Waals surface area contributed by atoms with E-state index in [1.807, 2.05) is 37.3 Å². The summed E-state index contributed by atoms with van der Waals surface area (Å²) in [5.41, 5.74) is 2.25. The zero-order chi connectivity index (χ0) is 20.9. The largest absolute Gasteiger partial charge is 0.494 e. The van der Waals surface area contributed by atoms with Gasteiger partial charge in [-0.15, -0.1) is 0 Å². The number of piperazine rings is 1. The van der Waals surface area contributed by atoms with Crippen LogP contribution in [0.15, 0.2) is 48.5 Å². The van der Waals surface area contributed by atoms with Crippen molar-refractivity contribution >= 4 is 27.3 Å². The summed E-state index contributed by atoms with van der Waals surface area (Å²) in [4.78, 5) is 14.7. The molecule has 0 bridgehead atoms. The van der Waals surface area contributed by atoms with Crippen molar-refractivity contribution in [1.82, 2.24) is 4.31 Å². The molecule has 2 aromatic rings. The highest BCUT2D eigenvalue weighted by Gasteiger charge is 2.23. The Balaban J connectivity index is 1.59. The van der Waals surface area contributed by atoms with Crippen molar-refractivity contribution in [1.29, 1.82) is 0 Å². The number of rotatable bonds is 7. The van der Waals surface area contributed by atoms with Crippen LogP contribution in [0.3, 0.4) is 0 Å². The van der Waals surface area contributed by atoms with E-state index in [1.54, 1.807) is 18.2 Å². The second-order valence-corrected chi connectivity index (χ2v) is 9.01. The molecule has 156 valence electrons.